The summed E-state index contributed by atoms with van der Waals surface area (Å²) in [6.07, 6.45) is 0. The van der Waals surface area contributed by atoms with E-state index < -0.39 is 0 Å². The first kappa shape index (κ1) is 11.0. The SMILES string of the molecule is COc1ccc(N)c(N2CC(C)C(C)C2)n1. The van der Waals surface area contributed by atoms with Crippen molar-refractivity contribution in [2.75, 3.05) is 30.8 Å². The summed E-state index contributed by atoms with van der Waals surface area (Å²) in [4.78, 5) is 6.66. The van der Waals surface area contributed by atoms with Gasteiger partial charge in [-0.2, -0.15) is 4.98 Å². The fourth-order valence-electron chi connectivity index (χ4n) is 2.11. The summed E-state index contributed by atoms with van der Waals surface area (Å²) in [5.41, 5.74) is 6.68. The minimum Gasteiger partial charge on any atom is -0.481 e. The molecule has 2 N–H and O–H groups in total. The average molecular weight is 221 g/mol. The van der Waals surface area contributed by atoms with Crippen molar-refractivity contribution in [3.63, 3.8) is 0 Å². The van der Waals surface area contributed by atoms with Crippen molar-refractivity contribution in [1.29, 1.82) is 0 Å². The maximum absolute atomic E-state index is 5.96. The van der Waals surface area contributed by atoms with Gasteiger partial charge < -0.3 is 15.4 Å². The van der Waals surface area contributed by atoms with E-state index in [1.807, 2.05) is 6.07 Å². The van der Waals surface area contributed by atoms with Gasteiger partial charge in [-0.25, -0.2) is 0 Å². The molecule has 1 aliphatic rings. The van der Waals surface area contributed by atoms with Gasteiger partial charge in [0.2, 0.25) is 5.88 Å². The molecule has 4 heteroatoms. The lowest BCUT2D eigenvalue weighted by Crippen LogP contribution is -2.22. The highest BCUT2D eigenvalue weighted by molar-refractivity contribution is 5.64. The summed E-state index contributed by atoms with van der Waals surface area (Å²) in [5.74, 6) is 2.85. The Morgan fingerprint density at radius 1 is 1.31 bits per heavy atom. The number of pyridine rings is 1. The van der Waals surface area contributed by atoms with Crippen LogP contribution in [-0.4, -0.2) is 25.2 Å². The minimum atomic E-state index is 0.622. The van der Waals surface area contributed by atoms with Crippen LogP contribution in [0.3, 0.4) is 0 Å². The van der Waals surface area contributed by atoms with Gasteiger partial charge >= 0.3 is 0 Å². The molecule has 0 bridgehead atoms. The number of nitrogens with two attached hydrogens (primary N) is 1. The fraction of sp³-hybridized carbons (Fsp3) is 0.583. The van der Waals surface area contributed by atoms with Crippen molar-refractivity contribution in [2.24, 2.45) is 11.8 Å². The summed E-state index contributed by atoms with van der Waals surface area (Å²) < 4.78 is 5.13. The van der Waals surface area contributed by atoms with E-state index in [2.05, 4.69) is 23.7 Å². The molecule has 2 rings (SSSR count). The highest BCUT2D eigenvalue weighted by atomic mass is 16.5. The lowest BCUT2D eigenvalue weighted by molar-refractivity contribution is 0.398. The predicted octanol–water partition coefficient (Wildman–Crippen LogP) is 1.76. The molecule has 1 aliphatic heterocycles. The Kier molecular flexibility index (Phi) is 2.90. The van der Waals surface area contributed by atoms with Crippen LogP contribution in [0.15, 0.2) is 12.1 Å². The van der Waals surface area contributed by atoms with Crippen LogP contribution in [0, 0.1) is 11.8 Å². The van der Waals surface area contributed by atoms with Crippen LogP contribution in [0.4, 0.5) is 11.5 Å². The molecule has 88 valence electrons. The zero-order valence-corrected chi connectivity index (χ0v) is 10.1. The molecule has 16 heavy (non-hydrogen) atoms. The second-order valence-corrected chi connectivity index (χ2v) is 4.63. The molecule has 0 aromatic carbocycles. The standard InChI is InChI=1S/C12H19N3O/c1-8-6-15(7-9(8)2)12-10(13)4-5-11(14-12)16-3/h4-5,8-9H,6-7,13H2,1-3H3. The Bertz CT molecular complexity index is 371. The van der Waals surface area contributed by atoms with Crippen LogP contribution in [0.5, 0.6) is 5.88 Å². The Morgan fingerprint density at radius 3 is 2.50 bits per heavy atom. The normalized spacial score (nSPS) is 24.8. The lowest BCUT2D eigenvalue weighted by atomic mass is 10.0. The topological polar surface area (TPSA) is 51.4 Å². The van der Waals surface area contributed by atoms with Crippen molar-refractivity contribution < 1.29 is 4.74 Å². The number of hydrogen-bond acceptors (Lipinski definition) is 4. The first-order valence-electron chi connectivity index (χ1n) is 5.67. The number of rotatable bonds is 2. The van der Waals surface area contributed by atoms with E-state index >= 15 is 0 Å². The second-order valence-electron chi connectivity index (χ2n) is 4.63. The second kappa shape index (κ2) is 4.20. The minimum absolute atomic E-state index is 0.622. The van der Waals surface area contributed by atoms with E-state index in [4.69, 9.17) is 10.5 Å². The van der Waals surface area contributed by atoms with Crippen molar-refractivity contribution in [2.45, 2.75) is 13.8 Å². The molecule has 1 aromatic heterocycles. The van der Waals surface area contributed by atoms with E-state index in [0.717, 1.165) is 24.6 Å². The summed E-state index contributed by atoms with van der Waals surface area (Å²) in [6, 6.07) is 3.65. The van der Waals surface area contributed by atoms with Crippen LogP contribution in [0.1, 0.15) is 13.8 Å². The molecule has 0 spiro atoms. The average Bonchev–Trinajstić information content (AvgIpc) is 2.60. The monoisotopic (exact) mass is 221 g/mol. The lowest BCUT2D eigenvalue weighted by Gasteiger charge is -2.19. The van der Waals surface area contributed by atoms with Crippen molar-refractivity contribution >= 4 is 11.5 Å². The third kappa shape index (κ3) is 1.92. The van der Waals surface area contributed by atoms with E-state index in [-0.39, 0.29) is 0 Å². The summed E-state index contributed by atoms with van der Waals surface area (Å²) in [6.45, 7) is 6.57. The van der Waals surface area contributed by atoms with Gasteiger partial charge in [-0.1, -0.05) is 13.8 Å². The van der Waals surface area contributed by atoms with Crippen LogP contribution in [0.25, 0.3) is 0 Å². The largest absolute Gasteiger partial charge is 0.481 e. The summed E-state index contributed by atoms with van der Waals surface area (Å²) in [7, 11) is 1.62. The third-order valence-electron chi connectivity index (χ3n) is 3.38. The maximum atomic E-state index is 5.96. The van der Waals surface area contributed by atoms with Crippen LogP contribution in [0.2, 0.25) is 0 Å². The molecule has 0 aliphatic carbocycles. The van der Waals surface area contributed by atoms with Gasteiger partial charge in [0.1, 0.15) is 0 Å². The molecule has 1 fully saturated rings. The fourth-order valence-corrected chi connectivity index (χ4v) is 2.11. The van der Waals surface area contributed by atoms with Gasteiger partial charge in [-0.15, -0.1) is 0 Å². The molecule has 2 atom stereocenters. The zero-order valence-electron chi connectivity index (χ0n) is 10.1. The van der Waals surface area contributed by atoms with Crippen LogP contribution < -0.4 is 15.4 Å². The van der Waals surface area contributed by atoms with Crippen LogP contribution >= 0.6 is 0 Å². The Morgan fingerprint density at radius 2 is 1.94 bits per heavy atom. The predicted molar refractivity (Wildman–Crippen MR) is 65.7 cm³/mol. The maximum Gasteiger partial charge on any atom is 0.215 e. The first-order chi connectivity index (χ1) is 7.61. The summed E-state index contributed by atoms with van der Waals surface area (Å²) in [5, 5.41) is 0. The Hall–Kier alpha value is -1.45. The smallest absolute Gasteiger partial charge is 0.215 e. The van der Waals surface area contributed by atoms with Crippen molar-refractivity contribution in [3.8, 4) is 5.88 Å². The number of hydrogen-bond donors (Lipinski definition) is 1. The first-order valence-corrected chi connectivity index (χ1v) is 5.67. The number of methoxy groups -OCH3 is 1. The molecule has 2 heterocycles. The van der Waals surface area contributed by atoms with Gasteiger partial charge in [0.05, 0.1) is 12.8 Å². The molecule has 0 saturated carbocycles. The Labute approximate surface area is 96.4 Å². The van der Waals surface area contributed by atoms with E-state index in [1.165, 1.54) is 0 Å². The van der Waals surface area contributed by atoms with Gasteiger partial charge in [-0.05, 0) is 17.9 Å². The Balaban J connectivity index is 2.26. The molecule has 0 amide bonds. The van der Waals surface area contributed by atoms with Gasteiger partial charge in [0, 0.05) is 19.2 Å². The van der Waals surface area contributed by atoms with E-state index in [1.54, 1.807) is 13.2 Å². The summed E-state index contributed by atoms with van der Waals surface area (Å²) >= 11 is 0. The van der Waals surface area contributed by atoms with Gasteiger partial charge in [0.15, 0.2) is 5.82 Å². The van der Waals surface area contributed by atoms with Gasteiger partial charge in [0.25, 0.3) is 0 Å². The molecular weight excluding hydrogens is 202 g/mol. The van der Waals surface area contributed by atoms with E-state index in [0.29, 0.717) is 17.7 Å². The molecule has 0 radical (unpaired) electrons. The number of aromatic nitrogens is 1. The number of nitrogen functional groups attached to an aromatic ring is 1. The zero-order chi connectivity index (χ0) is 11.7. The number of anilines is 2. The molecule has 1 saturated heterocycles. The quantitative estimate of drug-likeness (QED) is 0.827. The molecule has 1 aromatic rings. The van der Waals surface area contributed by atoms with Crippen molar-refractivity contribution in [3.05, 3.63) is 12.1 Å². The van der Waals surface area contributed by atoms with Gasteiger partial charge in [-0.3, -0.25) is 0 Å². The van der Waals surface area contributed by atoms with Crippen LogP contribution in [-0.2, 0) is 0 Å². The third-order valence-corrected chi connectivity index (χ3v) is 3.38. The molecule has 4 nitrogen and oxygen atoms in total. The molecular formula is C12H19N3O. The highest BCUT2D eigenvalue weighted by Gasteiger charge is 2.28. The molecule has 2 unspecified atom stereocenters. The number of nitrogens with zero attached hydrogens (tertiary/aromatic N) is 2. The van der Waals surface area contributed by atoms with Crippen molar-refractivity contribution in [1.82, 2.24) is 4.98 Å². The highest BCUT2D eigenvalue weighted by Crippen LogP contribution is 2.31. The van der Waals surface area contributed by atoms with E-state index in [9.17, 15) is 0 Å². The number of ether oxygens (including phenoxy) is 1.